The number of carbonyl (C=O) groups excluding carboxylic acids is 1. The third kappa shape index (κ3) is 3.02. The fourth-order valence-electron chi connectivity index (χ4n) is 2.40. The number of hydrogen-bond donors (Lipinski definition) is 1. The number of rotatable bonds is 3. The molecule has 4 nitrogen and oxygen atoms in total. The van der Waals surface area contributed by atoms with E-state index in [9.17, 15) is 4.79 Å². The minimum atomic E-state index is -0.312. The van der Waals surface area contributed by atoms with E-state index in [1.807, 2.05) is 51.1 Å². The Hall–Kier alpha value is -2.11. The average Bonchev–Trinajstić information content (AvgIpc) is 3.05. The first-order valence-corrected chi connectivity index (χ1v) is 8.26. The summed E-state index contributed by atoms with van der Waals surface area (Å²) < 4.78 is 6.45. The van der Waals surface area contributed by atoms with Crippen LogP contribution in [0.15, 0.2) is 39.9 Å². The van der Waals surface area contributed by atoms with Crippen molar-refractivity contribution in [1.29, 1.82) is 0 Å². The summed E-state index contributed by atoms with van der Waals surface area (Å²) in [5.41, 5.74) is 4.13. The molecular weight excluding hydrogens is 332 g/mol. The minimum absolute atomic E-state index is 0.312. The number of nitrogens with zero attached hydrogens (tertiary/aromatic N) is 1. The monoisotopic (exact) mass is 346 g/mol. The highest BCUT2D eigenvalue weighted by molar-refractivity contribution is 7.21. The van der Waals surface area contributed by atoms with Gasteiger partial charge in [-0.25, -0.2) is 5.43 Å². The van der Waals surface area contributed by atoms with E-state index in [-0.39, 0.29) is 5.91 Å². The maximum atomic E-state index is 12.3. The standard InChI is InChI=1S/C17H15ClN2O2S/c1-9-8-13(11(3)22-9)10(2)19-20-17(21)16-15(18)12-6-4-5-7-14(12)23-16/h4-8H,1-3H3,(H,20,21). The molecule has 2 aromatic heterocycles. The molecule has 3 rings (SSSR count). The topological polar surface area (TPSA) is 54.6 Å². The van der Waals surface area contributed by atoms with E-state index in [0.717, 1.165) is 27.2 Å². The van der Waals surface area contributed by atoms with Crippen LogP contribution in [0.25, 0.3) is 10.1 Å². The summed E-state index contributed by atoms with van der Waals surface area (Å²) in [5, 5.41) is 5.51. The van der Waals surface area contributed by atoms with E-state index in [2.05, 4.69) is 10.5 Å². The van der Waals surface area contributed by atoms with Gasteiger partial charge in [0, 0.05) is 15.6 Å². The molecule has 118 valence electrons. The van der Waals surface area contributed by atoms with Crippen LogP contribution >= 0.6 is 22.9 Å². The zero-order chi connectivity index (χ0) is 16.6. The molecule has 0 saturated heterocycles. The number of fused-ring (bicyclic) bond motifs is 1. The molecule has 0 aliphatic carbocycles. The second-order valence-corrected chi connectivity index (χ2v) is 6.64. The van der Waals surface area contributed by atoms with Crippen LogP contribution in [0.3, 0.4) is 0 Å². The van der Waals surface area contributed by atoms with Gasteiger partial charge in [0.25, 0.3) is 5.91 Å². The Balaban J connectivity index is 1.85. The molecular formula is C17H15ClN2O2S. The Kier molecular flexibility index (Phi) is 4.24. The molecule has 6 heteroatoms. The Bertz CT molecular complexity index is 924. The molecule has 0 fully saturated rings. The lowest BCUT2D eigenvalue weighted by atomic mass is 10.2. The molecule has 0 aliphatic rings. The number of hydrazone groups is 1. The number of furan rings is 1. The summed E-state index contributed by atoms with van der Waals surface area (Å²) in [5.74, 6) is 1.28. The van der Waals surface area contributed by atoms with E-state index >= 15 is 0 Å². The molecule has 23 heavy (non-hydrogen) atoms. The first kappa shape index (κ1) is 15.8. The summed E-state index contributed by atoms with van der Waals surface area (Å²) in [6.07, 6.45) is 0. The minimum Gasteiger partial charge on any atom is -0.466 e. The summed E-state index contributed by atoms with van der Waals surface area (Å²) in [7, 11) is 0. The summed E-state index contributed by atoms with van der Waals surface area (Å²) in [6.45, 7) is 5.56. The molecule has 0 unspecified atom stereocenters. The molecule has 0 spiro atoms. The smallest absolute Gasteiger partial charge is 0.283 e. The van der Waals surface area contributed by atoms with Crippen LogP contribution < -0.4 is 5.43 Å². The number of benzene rings is 1. The number of halogens is 1. The van der Waals surface area contributed by atoms with Crippen molar-refractivity contribution in [3.63, 3.8) is 0 Å². The van der Waals surface area contributed by atoms with Gasteiger partial charge in [-0.15, -0.1) is 11.3 Å². The predicted octanol–water partition coefficient (Wildman–Crippen LogP) is 4.92. The second kappa shape index (κ2) is 6.18. The molecule has 0 atom stereocenters. The Morgan fingerprint density at radius 2 is 2.04 bits per heavy atom. The van der Waals surface area contributed by atoms with Gasteiger partial charge in [-0.2, -0.15) is 5.10 Å². The Labute approximate surface area is 142 Å². The van der Waals surface area contributed by atoms with Gasteiger partial charge in [0.05, 0.1) is 10.7 Å². The lowest BCUT2D eigenvalue weighted by molar-refractivity contribution is 0.0959. The molecule has 1 N–H and O–H groups in total. The van der Waals surface area contributed by atoms with E-state index in [0.29, 0.717) is 15.6 Å². The SMILES string of the molecule is CC(=NNC(=O)c1sc2ccccc2c1Cl)c1cc(C)oc1C. The summed E-state index contributed by atoms with van der Waals surface area (Å²) in [4.78, 5) is 12.8. The van der Waals surface area contributed by atoms with E-state index in [1.165, 1.54) is 11.3 Å². The fourth-order valence-corrected chi connectivity index (χ4v) is 3.80. The van der Waals surface area contributed by atoms with Crippen molar-refractivity contribution < 1.29 is 9.21 Å². The molecule has 1 aromatic carbocycles. The van der Waals surface area contributed by atoms with Crippen molar-refractivity contribution in [2.24, 2.45) is 5.10 Å². The predicted molar refractivity (Wildman–Crippen MR) is 94.7 cm³/mol. The molecule has 0 aliphatic heterocycles. The van der Waals surface area contributed by atoms with E-state index in [1.54, 1.807) is 0 Å². The van der Waals surface area contributed by atoms with E-state index in [4.69, 9.17) is 16.0 Å². The fraction of sp³-hybridized carbons (Fsp3) is 0.176. The molecule has 3 aromatic rings. The van der Waals surface area contributed by atoms with Gasteiger partial charge >= 0.3 is 0 Å². The summed E-state index contributed by atoms with van der Waals surface area (Å²) >= 11 is 7.65. The van der Waals surface area contributed by atoms with Crippen LogP contribution in [-0.2, 0) is 0 Å². The van der Waals surface area contributed by atoms with Crippen molar-refractivity contribution >= 4 is 44.6 Å². The third-order valence-electron chi connectivity index (χ3n) is 3.50. The highest BCUT2D eigenvalue weighted by atomic mass is 35.5. The molecule has 1 amide bonds. The maximum Gasteiger partial charge on any atom is 0.283 e. The number of carbonyl (C=O) groups is 1. The number of hydrogen-bond acceptors (Lipinski definition) is 4. The number of thiophene rings is 1. The number of amides is 1. The molecule has 0 saturated carbocycles. The number of aryl methyl sites for hydroxylation is 2. The quantitative estimate of drug-likeness (QED) is 0.540. The average molecular weight is 347 g/mol. The highest BCUT2D eigenvalue weighted by Crippen LogP contribution is 2.34. The zero-order valence-electron chi connectivity index (χ0n) is 12.9. The lowest BCUT2D eigenvalue weighted by Gasteiger charge is -2.01. The van der Waals surface area contributed by atoms with Crippen LogP contribution in [0.1, 0.15) is 33.7 Å². The lowest BCUT2D eigenvalue weighted by Crippen LogP contribution is -2.18. The van der Waals surface area contributed by atoms with Crippen molar-refractivity contribution in [2.75, 3.05) is 0 Å². The Morgan fingerprint density at radius 3 is 2.70 bits per heavy atom. The van der Waals surface area contributed by atoms with Crippen LogP contribution in [0, 0.1) is 13.8 Å². The highest BCUT2D eigenvalue weighted by Gasteiger charge is 2.17. The van der Waals surface area contributed by atoms with Gasteiger partial charge in [0.15, 0.2) is 0 Å². The third-order valence-corrected chi connectivity index (χ3v) is 5.17. The molecule has 0 bridgehead atoms. The van der Waals surface area contributed by atoms with Gasteiger partial charge in [-0.1, -0.05) is 29.8 Å². The van der Waals surface area contributed by atoms with Crippen molar-refractivity contribution in [2.45, 2.75) is 20.8 Å². The second-order valence-electron chi connectivity index (χ2n) is 5.21. The largest absolute Gasteiger partial charge is 0.466 e. The van der Waals surface area contributed by atoms with Crippen molar-refractivity contribution in [3.05, 3.63) is 57.3 Å². The van der Waals surface area contributed by atoms with Gasteiger partial charge in [-0.05, 0) is 32.9 Å². The molecule has 2 heterocycles. The van der Waals surface area contributed by atoms with Crippen LogP contribution in [-0.4, -0.2) is 11.6 Å². The number of nitrogens with one attached hydrogen (secondary N) is 1. The van der Waals surface area contributed by atoms with Crippen LogP contribution in [0.2, 0.25) is 5.02 Å². The van der Waals surface area contributed by atoms with Gasteiger partial charge in [-0.3, -0.25) is 4.79 Å². The Morgan fingerprint density at radius 1 is 1.30 bits per heavy atom. The van der Waals surface area contributed by atoms with E-state index < -0.39 is 0 Å². The first-order valence-electron chi connectivity index (χ1n) is 7.06. The normalized spacial score (nSPS) is 11.9. The zero-order valence-corrected chi connectivity index (χ0v) is 14.5. The first-order chi connectivity index (χ1) is 11.0. The van der Waals surface area contributed by atoms with Crippen molar-refractivity contribution in [1.82, 2.24) is 5.43 Å². The van der Waals surface area contributed by atoms with Gasteiger partial charge in [0.2, 0.25) is 0 Å². The van der Waals surface area contributed by atoms with Crippen LogP contribution in [0.5, 0.6) is 0 Å². The van der Waals surface area contributed by atoms with Gasteiger partial charge < -0.3 is 4.42 Å². The van der Waals surface area contributed by atoms with Gasteiger partial charge in [0.1, 0.15) is 16.4 Å². The maximum absolute atomic E-state index is 12.3. The summed E-state index contributed by atoms with van der Waals surface area (Å²) in [6, 6.07) is 9.55. The van der Waals surface area contributed by atoms with Crippen molar-refractivity contribution in [3.8, 4) is 0 Å². The van der Waals surface area contributed by atoms with Crippen LogP contribution in [0.4, 0.5) is 0 Å². The molecule has 0 radical (unpaired) electrons.